The maximum absolute atomic E-state index is 12.9. The van der Waals surface area contributed by atoms with Gasteiger partial charge in [0, 0.05) is 36.6 Å². The second-order valence-electron chi connectivity index (χ2n) is 7.87. The smallest absolute Gasteiger partial charge is 0.253 e. The van der Waals surface area contributed by atoms with E-state index in [1.807, 2.05) is 23.1 Å². The predicted molar refractivity (Wildman–Crippen MR) is 88.2 cm³/mol. The fourth-order valence-electron chi connectivity index (χ4n) is 5.02. The zero-order chi connectivity index (χ0) is 16.2. The number of benzene rings is 1. The van der Waals surface area contributed by atoms with E-state index >= 15 is 0 Å². The van der Waals surface area contributed by atoms with Gasteiger partial charge in [-0.25, -0.2) is 0 Å². The van der Waals surface area contributed by atoms with Crippen molar-refractivity contribution in [3.05, 3.63) is 30.0 Å². The molecule has 0 unspecified atom stereocenters. The van der Waals surface area contributed by atoms with Crippen LogP contribution in [0, 0.1) is 16.7 Å². The van der Waals surface area contributed by atoms with E-state index in [1.165, 1.54) is 0 Å². The van der Waals surface area contributed by atoms with Crippen LogP contribution in [0.5, 0.6) is 0 Å². The Morgan fingerprint density at radius 2 is 2.30 bits per heavy atom. The van der Waals surface area contributed by atoms with E-state index in [0.29, 0.717) is 11.3 Å². The van der Waals surface area contributed by atoms with Crippen LogP contribution >= 0.6 is 0 Å². The maximum Gasteiger partial charge on any atom is 0.253 e. The first kappa shape index (κ1) is 14.7. The minimum atomic E-state index is 0.119. The van der Waals surface area contributed by atoms with E-state index in [1.54, 1.807) is 13.3 Å². The number of hydrogen-bond acceptors (Lipinski definition) is 3. The molecule has 1 saturated heterocycles. The lowest BCUT2D eigenvalue weighted by atomic mass is 9.48. The average Bonchev–Trinajstić information content (AvgIpc) is 3.08. The monoisotopic (exact) mass is 313 g/mol. The summed E-state index contributed by atoms with van der Waals surface area (Å²) in [7, 11) is 1.76. The van der Waals surface area contributed by atoms with Crippen LogP contribution in [0.3, 0.4) is 0 Å². The van der Waals surface area contributed by atoms with Gasteiger partial charge in [0.15, 0.2) is 0 Å². The molecule has 122 valence electrons. The van der Waals surface area contributed by atoms with Crippen molar-refractivity contribution >= 4 is 16.8 Å². The molecule has 4 rings (SSSR count). The van der Waals surface area contributed by atoms with Crippen LogP contribution in [-0.2, 0) is 4.74 Å². The highest BCUT2D eigenvalue weighted by Gasteiger charge is 2.63. The maximum atomic E-state index is 12.9. The Kier molecular flexibility index (Phi) is 3.07. The summed E-state index contributed by atoms with van der Waals surface area (Å²) in [5.74, 6) is 0.644. The molecule has 1 N–H and O–H groups in total. The summed E-state index contributed by atoms with van der Waals surface area (Å²) in [4.78, 5) is 15.0. The minimum absolute atomic E-state index is 0.119. The number of methoxy groups -OCH3 is 1. The number of fused-ring (bicyclic) bond motifs is 2. The summed E-state index contributed by atoms with van der Waals surface area (Å²) in [6.45, 7) is 6.98. The topological polar surface area (TPSA) is 58.2 Å². The molecule has 1 aromatic carbocycles. The molecule has 1 saturated carbocycles. The second-order valence-corrected chi connectivity index (χ2v) is 7.87. The number of nitrogens with zero attached hydrogens (tertiary/aromatic N) is 2. The fourth-order valence-corrected chi connectivity index (χ4v) is 5.02. The van der Waals surface area contributed by atoms with Gasteiger partial charge in [0.2, 0.25) is 0 Å². The van der Waals surface area contributed by atoms with E-state index < -0.39 is 0 Å². The summed E-state index contributed by atoms with van der Waals surface area (Å²) < 4.78 is 5.47. The Morgan fingerprint density at radius 1 is 1.48 bits per heavy atom. The van der Waals surface area contributed by atoms with Gasteiger partial charge in [0.05, 0.1) is 18.3 Å². The molecule has 1 amide bonds. The van der Waals surface area contributed by atoms with Gasteiger partial charge in [-0.1, -0.05) is 13.8 Å². The number of aromatic nitrogens is 2. The molecule has 2 atom stereocenters. The Morgan fingerprint density at radius 3 is 3.04 bits per heavy atom. The van der Waals surface area contributed by atoms with Crippen LogP contribution < -0.4 is 0 Å². The molecule has 0 radical (unpaired) electrons. The van der Waals surface area contributed by atoms with E-state index in [4.69, 9.17) is 4.74 Å². The number of likely N-dealkylation sites (tertiary alicyclic amines) is 1. The highest BCUT2D eigenvalue weighted by molar-refractivity contribution is 5.98. The summed E-state index contributed by atoms with van der Waals surface area (Å²) in [6.07, 6.45) is 2.89. The number of ether oxygens (including phenoxy) is 1. The average molecular weight is 313 g/mol. The third-order valence-electron chi connectivity index (χ3n) is 5.81. The van der Waals surface area contributed by atoms with Crippen LogP contribution in [0.25, 0.3) is 10.9 Å². The lowest BCUT2D eigenvalue weighted by molar-refractivity contribution is -0.107. The molecule has 0 spiro atoms. The van der Waals surface area contributed by atoms with Gasteiger partial charge in [-0.2, -0.15) is 5.10 Å². The molecule has 2 aromatic rings. The number of amides is 1. The number of H-pyrrole nitrogens is 1. The molecule has 0 bridgehead atoms. The quantitative estimate of drug-likeness (QED) is 0.948. The summed E-state index contributed by atoms with van der Waals surface area (Å²) >= 11 is 0. The van der Waals surface area contributed by atoms with Crippen molar-refractivity contribution in [1.82, 2.24) is 15.1 Å². The number of hydrogen-bond donors (Lipinski definition) is 1. The van der Waals surface area contributed by atoms with E-state index in [0.717, 1.165) is 42.6 Å². The molecule has 1 aromatic heterocycles. The number of carbonyl (C=O) groups excluding carboxylic acids is 1. The van der Waals surface area contributed by atoms with Crippen molar-refractivity contribution in [3.63, 3.8) is 0 Å². The van der Waals surface area contributed by atoms with Gasteiger partial charge in [-0.15, -0.1) is 0 Å². The van der Waals surface area contributed by atoms with Gasteiger partial charge >= 0.3 is 0 Å². The van der Waals surface area contributed by atoms with Crippen LogP contribution in [0.2, 0.25) is 0 Å². The molecule has 2 fully saturated rings. The molecule has 5 heteroatoms. The van der Waals surface area contributed by atoms with Crippen LogP contribution in [-0.4, -0.2) is 47.8 Å². The molecule has 1 aliphatic heterocycles. The van der Waals surface area contributed by atoms with Crippen LogP contribution in [0.15, 0.2) is 24.4 Å². The standard InChI is InChI=1S/C18H23N3O2/c1-17(2)9-18(11-23-3)10-21(8-15(17)18)16(22)12-4-5-14-13(6-12)7-19-20-14/h4-7,15H,8-11H2,1-3H3,(H,19,20)/t15-,18-/m1/s1. The molecular weight excluding hydrogens is 290 g/mol. The highest BCUT2D eigenvalue weighted by Crippen LogP contribution is 2.62. The van der Waals surface area contributed by atoms with Crippen molar-refractivity contribution in [1.29, 1.82) is 0 Å². The van der Waals surface area contributed by atoms with Crippen LogP contribution in [0.4, 0.5) is 0 Å². The number of nitrogens with one attached hydrogen (secondary N) is 1. The third-order valence-corrected chi connectivity index (χ3v) is 5.81. The zero-order valence-electron chi connectivity index (χ0n) is 13.9. The molecule has 1 aliphatic carbocycles. The highest BCUT2D eigenvalue weighted by atomic mass is 16.5. The van der Waals surface area contributed by atoms with Crippen molar-refractivity contribution in [3.8, 4) is 0 Å². The Balaban J connectivity index is 1.60. The molecule has 23 heavy (non-hydrogen) atoms. The fraction of sp³-hybridized carbons (Fsp3) is 0.556. The summed E-state index contributed by atoms with van der Waals surface area (Å²) in [5, 5.41) is 7.92. The Labute approximate surface area is 136 Å². The van der Waals surface area contributed by atoms with E-state index in [2.05, 4.69) is 24.0 Å². The number of carbonyl (C=O) groups is 1. The summed E-state index contributed by atoms with van der Waals surface area (Å²) in [5.41, 5.74) is 2.14. The lowest BCUT2D eigenvalue weighted by Gasteiger charge is -2.56. The zero-order valence-corrected chi connectivity index (χ0v) is 13.9. The lowest BCUT2D eigenvalue weighted by Crippen LogP contribution is -2.55. The SMILES string of the molecule is COC[C@@]12CN(C(=O)c3ccc4[nH]ncc4c3)C[C@@H]1C(C)(C)C2. The van der Waals surface area contributed by atoms with Gasteiger partial charge in [0.1, 0.15) is 0 Å². The van der Waals surface area contributed by atoms with Gasteiger partial charge in [-0.05, 0) is 36.0 Å². The Bertz CT molecular complexity index is 766. The summed E-state index contributed by atoms with van der Waals surface area (Å²) in [6, 6.07) is 5.74. The first-order chi connectivity index (χ1) is 11.0. The second kappa shape index (κ2) is 4.81. The van der Waals surface area contributed by atoms with Crippen molar-refractivity contribution < 1.29 is 9.53 Å². The van der Waals surface area contributed by atoms with Crippen molar-refractivity contribution in [2.24, 2.45) is 16.7 Å². The number of rotatable bonds is 3. The molecule has 5 nitrogen and oxygen atoms in total. The largest absolute Gasteiger partial charge is 0.384 e. The predicted octanol–water partition coefficient (Wildman–Crippen LogP) is 2.70. The van der Waals surface area contributed by atoms with Crippen molar-refractivity contribution in [2.45, 2.75) is 20.3 Å². The van der Waals surface area contributed by atoms with Gasteiger partial charge in [-0.3, -0.25) is 9.89 Å². The number of aromatic amines is 1. The Hall–Kier alpha value is -1.88. The van der Waals surface area contributed by atoms with E-state index in [-0.39, 0.29) is 11.3 Å². The molecule has 2 heterocycles. The van der Waals surface area contributed by atoms with Gasteiger partial charge < -0.3 is 9.64 Å². The molecule has 2 aliphatic rings. The first-order valence-corrected chi connectivity index (χ1v) is 8.17. The third kappa shape index (κ3) is 2.10. The normalized spacial score (nSPS) is 28.7. The minimum Gasteiger partial charge on any atom is -0.384 e. The molecular formula is C18H23N3O2. The van der Waals surface area contributed by atoms with Crippen LogP contribution in [0.1, 0.15) is 30.6 Å². The van der Waals surface area contributed by atoms with E-state index in [9.17, 15) is 4.79 Å². The first-order valence-electron chi connectivity index (χ1n) is 8.17. The van der Waals surface area contributed by atoms with Gasteiger partial charge in [0.25, 0.3) is 5.91 Å². The van der Waals surface area contributed by atoms with Crippen molar-refractivity contribution in [2.75, 3.05) is 26.8 Å².